The summed E-state index contributed by atoms with van der Waals surface area (Å²) in [6.07, 6.45) is 3.41. The number of benzene rings is 1. The SMILES string of the molecule is COc1cc(CN[C@@H](C)C(=O)N2CCCC[C@@H]2C)cc2c1OCO2. The molecule has 0 aromatic heterocycles. The second-order valence-corrected chi connectivity index (χ2v) is 6.51. The van der Waals surface area contributed by atoms with Crippen LogP contribution in [-0.4, -0.2) is 43.3 Å². The van der Waals surface area contributed by atoms with Gasteiger partial charge in [-0.2, -0.15) is 0 Å². The molecule has 1 aromatic rings. The minimum absolute atomic E-state index is 0.176. The molecule has 1 amide bonds. The van der Waals surface area contributed by atoms with Crippen LogP contribution in [0.5, 0.6) is 17.2 Å². The molecule has 0 radical (unpaired) electrons. The number of likely N-dealkylation sites (tertiary alicyclic amines) is 1. The number of methoxy groups -OCH3 is 1. The Kier molecular flexibility index (Phi) is 5.14. The van der Waals surface area contributed by atoms with Gasteiger partial charge in [-0.15, -0.1) is 0 Å². The lowest BCUT2D eigenvalue weighted by atomic mass is 10.0. The summed E-state index contributed by atoms with van der Waals surface area (Å²) in [4.78, 5) is 14.6. The van der Waals surface area contributed by atoms with Crippen molar-refractivity contribution in [2.75, 3.05) is 20.4 Å². The first-order chi connectivity index (χ1) is 11.6. The van der Waals surface area contributed by atoms with E-state index in [1.807, 2.05) is 24.0 Å². The van der Waals surface area contributed by atoms with Gasteiger partial charge in [-0.25, -0.2) is 0 Å². The molecular weight excluding hydrogens is 308 g/mol. The molecule has 24 heavy (non-hydrogen) atoms. The van der Waals surface area contributed by atoms with Crippen LogP contribution in [0, 0.1) is 0 Å². The van der Waals surface area contributed by atoms with Crippen molar-refractivity contribution in [1.29, 1.82) is 0 Å². The van der Waals surface area contributed by atoms with Crippen molar-refractivity contribution in [3.63, 3.8) is 0 Å². The molecule has 0 aliphatic carbocycles. The standard InChI is InChI=1S/C18H26N2O4/c1-12-6-4-5-7-20(12)18(21)13(2)19-10-14-8-15(22-3)17-16(9-14)23-11-24-17/h8-9,12-13,19H,4-7,10-11H2,1-3H3/t12-,13-/m0/s1. The normalized spacial score (nSPS) is 20.8. The van der Waals surface area contributed by atoms with Gasteiger partial charge in [-0.1, -0.05) is 0 Å². The molecule has 0 unspecified atom stereocenters. The Hall–Kier alpha value is -1.95. The highest BCUT2D eigenvalue weighted by Gasteiger charge is 2.27. The summed E-state index contributed by atoms with van der Waals surface area (Å²) in [7, 11) is 1.61. The number of carbonyl (C=O) groups is 1. The predicted octanol–water partition coefficient (Wildman–Crippen LogP) is 2.30. The molecule has 0 saturated carbocycles. The van der Waals surface area contributed by atoms with Crippen molar-refractivity contribution in [3.05, 3.63) is 17.7 Å². The van der Waals surface area contributed by atoms with Crippen LogP contribution in [0.4, 0.5) is 0 Å². The van der Waals surface area contributed by atoms with E-state index in [1.165, 1.54) is 6.42 Å². The zero-order chi connectivity index (χ0) is 17.1. The largest absolute Gasteiger partial charge is 0.493 e. The van der Waals surface area contributed by atoms with Crippen LogP contribution in [0.15, 0.2) is 12.1 Å². The van der Waals surface area contributed by atoms with E-state index in [0.29, 0.717) is 29.8 Å². The van der Waals surface area contributed by atoms with E-state index in [4.69, 9.17) is 14.2 Å². The highest BCUT2D eigenvalue weighted by Crippen LogP contribution is 2.41. The maximum absolute atomic E-state index is 12.6. The molecule has 1 saturated heterocycles. The van der Waals surface area contributed by atoms with Gasteiger partial charge in [0, 0.05) is 19.1 Å². The van der Waals surface area contributed by atoms with E-state index >= 15 is 0 Å². The molecular formula is C18H26N2O4. The van der Waals surface area contributed by atoms with Crippen LogP contribution < -0.4 is 19.5 Å². The van der Waals surface area contributed by atoms with Crippen molar-refractivity contribution in [2.45, 2.75) is 51.7 Å². The Balaban J connectivity index is 1.62. The first kappa shape index (κ1) is 16.9. The van der Waals surface area contributed by atoms with Crippen molar-refractivity contribution < 1.29 is 19.0 Å². The zero-order valence-electron chi connectivity index (χ0n) is 14.6. The van der Waals surface area contributed by atoms with Crippen LogP contribution in [0.1, 0.15) is 38.7 Å². The number of fused-ring (bicyclic) bond motifs is 1. The molecule has 2 aliphatic heterocycles. The first-order valence-corrected chi connectivity index (χ1v) is 8.60. The molecule has 0 spiro atoms. The quantitative estimate of drug-likeness (QED) is 0.895. The van der Waals surface area contributed by atoms with Gasteiger partial charge in [-0.3, -0.25) is 4.79 Å². The van der Waals surface area contributed by atoms with E-state index in [9.17, 15) is 4.79 Å². The number of carbonyl (C=O) groups excluding carboxylic acids is 1. The minimum atomic E-state index is -0.220. The second kappa shape index (κ2) is 7.30. The molecule has 6 nitrogen and oxygen atoms in total. The number of nitrogens with one attached hydrogen (secondary N) is 1. The molecule has 3 rings (SSSR count). The minimum Gasteiger partial charge on any atom is -0.493 e. The Morgan fingerprint density at radius 1 is 1.42 bits per heavy atom. The highest BCUT2D eigenvalue weighted by atomic mass is 16.7. The summed E-state index contributed by atoms with van der Waals surface area (Å²) in [5.41, 5.74) is 1.00. The summed E-state index contributed by atoms with van der Waals surface area (Å²) < 4.78 is 16.2. The Morgan fingerprint density at radius 2 is 2.25 bits per heavy atom. The molecule has 6 heteroatoms. The molecule has 132 valence electrons. The van der Waals surface area contributed by atoms with E-state index in [2.05, 4.69) is 12.2 Å². The summed E-state index contributed by atoms with van der Waals surface area (Å²) in [5.74, 6) is 2.17. The van der Waals surface area contributed by atoms with Crippen LogP contribution in [0.25, 0.3) is 0 Å². The molecule has 1 N–H and O–H groups in total. The highest BCUT2D eigenvalue weighted by molar-refractivity contribution is 5.81. The van der Waals surface area contributed by atoms with Gasteiger partial charge in [0.05, 0.1) is 13.2 Å². The van der Waals surface area contributed by atoms with E-state index in [1.54, 1.807) is 7.11 Å². The molecule has 2 aliphatic rings. The van der Waals surface area contributed by atoms with Gasteiger partial charge in [0.1, 0.15) is 0 Å². The molecule has 1 fully saturated rings. The van der Waals surface area contributed by atoms with Crippen molar-refractivity contribution in [2.24, 2.45) is 0 Å². The lowest BCUT2D eigenvalue weighted by molar-refractivity contribution is -0.136. The third kappa shape index (κ3) is 3.43. The lowest BCUT2D eigenvalue weighted by Gasteiger charge is -2.35. The fourth-order valence-corrected chi connectivity index (χ4v) is 3.32. The number of rotatable bonds is 5. The van der Waals surface area contributed by atoms with Gasteiger partial charge in [0.25, 0.3) is 0 Å². The third-order valence-electron chi connectivity index (χ3n) is 4.79. The van der Waals surface area contributed by atoms with Gasteiger partial charge in [0.2, 0.25) is 18.4 Å². The smallest absolute Gasteiger partial charge is 0.239 e. The Labute approximate surface area is 143 Å². The van der Waals surface area contributed by atoms with Crippen LogP contribution >= 0.6 is 0 Å². The fraction of sp³-hybridized carbons (Fsp3) is 0.611. The number of nitrogens with zero attached hydrogens (tertiary/aromatic N) is 1. The number of ether oxygens (including phenoxy) is 3. The number of amides is 1. The number of hydrogen-bond donors (Lipinski definition) is 1. The lowest BCUT2D eigenvalue weighted by Crippen LogP contribution is -2.50. The van der Waals surface area contributed by atoms with Crippen LogP contribution in [0.2, 0.25) is 0 Å². The van der Waals surface area contributed by atoms with E-state index in [0.717, 1.165) is 24.9 Å². The monoisotopic (exact) mass is 334 g/mol. The molecule has 2 atom stereocenters. The topological polar surface area (TPSA) is 60.0 Å². The third-order valence-corrected chi connectivity index (χ3v) is 4.79. The van der Waals surface area contributed by atoms with Crippen molar-refractivity contribution in [3.8, 4) is 17.2 Å². The summed E-state index contributed by atoms with van der Waals surface area (Å²) in [5, 5.41) is 3.32. The van der Waals surface area contributed by atoms with Gasteiger partial charge >= 0.3 is 0 Å². The molecule has 1 aromatic carbocycles. The summed E-state index contributed by atoms with van der Waals surface area (Å²) in [6.45, 7) is 5.71. The van der Waals surface area contributed by atoms with E-state index < -0.39 is 0 Å². The van der Waals surface area contributed by atoms with E-state index in [-0.39, 0.29) is 18.7 Å². The number of piperidine rings is 1. The average molecular weight is 334 g/mol. The molecule has 0 bridgehead atoms. The predicted molar refractivity (Wildman–Crippen MR) is 90.4 cm³/mol. The first-order valence-electron chi connectivity index (χ1n) is 8.60. The van der Waals surface area contributed by atoms with Gasteiger partial charge in [0.15, 0.2) is 11.5 Å². The summed E-state index contributed by atoms with van der Waals surface area (Å²) >= 11 is 0. The Bertz CT molecular complexity index is 605. The van der Waals surface area contributed by atoms with Gasteiger partial charge < -0.3 is 24.4 Å². The Morgan fingerprint density at radius 3 is 3.00 bits per heavy atom. The second-order valence-electron chi connectivity index (χ2n) is 6.51. The average Bonchev–Trinajstić information content (AvgIpc) is 3.07. The summed E-state index contributed by atoms with van der Waals surface area (Å²) in [6, 6.07) is 3.96. The van der Waals surface area contributed by atoms with Crippen LogP contribution in [-0.2, 0) is 11.3 Å². The number of hydrogen-bond acceptors (Lipinski definition) is 5. The van der Waals surface area contributed by atoms with Gasteiger partial charge in [-0.05, 0) is 50.8 Å². The zero-order valence-corrected chi connectivity index (χ0v) is 14.6. The van der Waals surface area contributed by atoms with Crippen LogP contribution in [0.3, 0.4) is 0 Å². The van der Waals surface area contributed by atoms with Crippen molar-refractivity contribution in [1.82, 2.24) is 10.2 Å². The maximum Gasteiger partial charge on any atom is 0.239 e. The molecule has 2 heterocycles. The fourth-order valence-electron chi connectivity index (χ4n) is 3.32. The van der Waals surface area contributed by atoms with Crippen molar-refractivity contribution >= 4 is 5.91 Å². The maximum atomic E-state index is 12.6.